The van der Waals surface area contributed by atoms with E-state index in [1.165, 1.54) is 0 Å². The molecule has 1 amide bonds. The number of aromatic nitrogens is 2. The number of hydrogen-bond donors (Lipinski definition) is 1. The van der Waals surface area contributed by atoms with E-state index < -0.39 is 5.60 Å². The minimum absolute atomic E-state index is 0.0278. The fourth-order valence-corrected chi connectivity index (χ4v) is 2.54. The van der Waals surface area contributed by atoms with Crippen LogP contribution < -0.4 is 0 Å². The Morgan fingerprint density at radius 1 is 1.47 bits per heavy atom. The number of carbonyl (C=O) groups is 1. The molecule has 0 aliphatic carbocycles. The Kier molecular flexibility index (Phi) is 3.64. The molecule has 0 aromatic carbocycles. The first-order chi connectivity index (χ1) is 8.86. The molecule has 2 heterocycles. The van der Waals surface area contributed by atoms with Crippen molar-refractivity contribution < 1.29 is 14.6 Å². The monoisotopic (exact) mass is 267 g/mol. The van der Waals surface area contributed by atoms with Crippen LogP contribution in [0.5, 0.6) is 0 Å². The van der Waals surface area contributed by atoms with Gasteiger partial charge in [0.2, 0.25) is 5.91 Å². The van der Waals surface area contributed by atoms with Gasteiger partial charge in [0.25, 0.3) is 0 Å². The van der Waals surface area contributed by atoms with Gasteiger partial charge in [-0.3, -0.25) is 9.48 Å². The van der Waals surface area contributed by atoms with Crippen LogP contribution in [0, 0.1) is 13.8 Å². The van der Waals surface area contributed by atoms with Gasteiger partial charge in [0, 0.05) is 25.4 Å². The zero-order valence-corrected chi connectivity index (χ0v) is 11.9. The van der Waals surface area contributed by atoms with Gasteiger partial charge in [-0.2, -0.15) is 5.10 Å². The minimum Gasteiger partial charge on any atom is -0.384 e. The van der Waals surface area contributed by atoms with Crippen LogP contribution in [0.15, 0.2) is 0 Å². The zero-order chi connectivity index (χ0) is 14.2. The molecule has 2 rings (SSSR count). The van der Waals surface area contributed by atoms with Gasteiger partial charge >= 0.3 is 0 Å². The molecule has 1 fully saturated rings. The third kappa shape index (κ3) is 2.64. The van der Waals surface area contributed by atoms with Gasteiger partial charge in [-0.15, -0.1) is 0 Å². The van der Waals surface area contributed by atoms with Crippen molar-refractivity contribution in [1.29, 1.82) is 0 Å². The molecule has 0 bridgehead atoms. The largest absolute Gasteiger partial charge is 0.384 e. The maximum Gasteiger partial charge on any atom is 0.227 e. The molecule has 1 aliphatic rings. The van der Waals surface area contributed by atoms with Crippen molar-refractivity contribution in [3.8, 4) is 0 Å². The molecule has 0 spiro atoms. The number of rotatable bonds is 4. The quantitative estimate of drug-likeness (QED) is 0.820. The van der Waals surface area contributed by atoms with Gasteiger partial charge in [-0.1, -0.05) is 0 Å². The van der Waals surface area contributed by atoms with E-state index in [1.807, 2.05) is 20.9 Å². The molecule has 106 valence electrons. The van der Waals surface area contributed by atoms with Crippen LogP contribution in [0.1, 0.15) is 17.0 Å². The van der Waals surface area contributed by atoms with Crippen molar-refractivity contribution in [2.24, 2.45) is 7.05 Å². The van der Waals surface area contributed by atoms with Gasteiger partial charge in [-0.25, -0.2) is 0 Å². The first-order valence-corrected chi connectivity index (χ1v) is 6.34. The predicted octanol–water partition coefficient (Wildman–Crippen LogP) is -0.201. The lowest BCUT2D eigenvalue weighted by Crippen LogP contribution is -2.65. The number of methoxy groups -OCH3 is 1. The van der Waals surface area contributed by atoms with Crippen molar-refractivity contribution in [3.05, 3.63) is 17.0 Å². The average molecular weight is 267 g/mol. The second-order valence-corrected chi connectivity index (χ2v) is 5.36. The van der Waals surface area contributed by atoms with Crippen molar-refractivity contribution in [1.82, 2.24) is 14.7 Å². The van der Waals surface area contributed by atoms with Gasteiger partial charge in [0.15, 0.2) is 0 Å². The molecule has 0 saturated carbocycles. The second kappa shape index (κ2) is 4.94. The highest BCUT2D eigenvalue weighted by Crippen LogP contribution is 2.23. The van der Waals surface area contributed by atoms with Crippen LogP contribution in [0.4, 0.5) is 0 Å². The van der Waals surface area contributed by atoms with E-state index in [-0.39, 0.29) is 12.5 Å². The number of ether oxygens (including phenoxy) is 1. The van der Waals surface area contributed by atoms with Crippen molar-refractivity contribution in [2.75, 3.05) is 26.8 Å². The topological polar surface area (TPSA) is 67.6 Å². The van der Waals surface area contributed by atoms with Crippen LogP contribution >= 0.6 is 0 Å². The SMILES string of the molecule is COCC1(O)CN(C(=O)Cc2c(C)nn(C)c2C)C1. The minimum atomic E-state index is -0.872. The molecule has 19 heavy (non-hydrogen) atoms. The molecule has 0 unspecified atom stereocenters. The maximum atomic E-state index is 12.1. The number of nitrogens with zero attached hydrogens (tertiary/aromatic N) is 3. The number of likely N-dealkylation sites (tertiary alicyclic amines) is 1. The van der Waals surface area contributed by atoms with Crippen LogP contribution in [0.2, 0.25) is 0 Å². The average Bonchev–Trinajstić information content (AvgIpc) is 2.53. The van der Waals surface area contributed by atoms with E-state index in [0.29, 0.717) is 19.5 Å². The fraction of sp³-hybridized carbons (Fsp3) is 0.692. The Labute approximate surface area is 113 Å². The third-order valence-electron chi connectivity index (χ3n) is 3.72. The molecule has 1 aromatic heterocycles. The number of carbonyl (C=O) groups excluding carboxylic acids is 1. The normalized spacial score (nSPS) is 17.4. The van der Waals surface area contributed by atoms with E-state index in [1.54, 1.807) is 16.7 Å². The lowest BCUT2D eigenvalue weighted by Gasteiger charge is -2.46. The van der Waals surface area contributed by atoms with Gasteiger partial charge in [-0.05, 0) is 13.8 Å². The van der Waals surface area contributed by atoms with Crippen LogP contribution in [-0.2, 0) is 23.0 Å². The highest BCUT2D eigenvalue weighted by atomic mass is 16.5. The lowest BCUT2D eigenvalue weighted by atomic mass is 9.94. The summed E-state index contributed by atoms with van der Waals surface area (Å²) in [5, 5.41) is 14.3. The van der Waals surface area contributed by atoms with Crippen molar-refractivity contribution in [3.63, 3.8) is 0 Å². The number of amides is 1. The Morgan fingerprint density at radius 3 is 2.58 bits per heavy atom. The zero-order valence-electron chi connectivity index (χ0n) is 11.9. The van der Waals surface area contributed by atoms with Crippen LogP contribution in [0.25, 0.3) is 0 Å². The summed E-state index contributed by atoms with van der Waals surface area (Å²) in [6.07, 6.45) is 0.342. The second-order valence-electron chi connectivity index (χ2n) is 5.36. The van der Waals surface area contributed by atoms with Crippen molar-refractivity contribution in [2.45, 2.75) is 25.9 Å². The number of aliphatic hydroxyl groups is 1. The van der Waals surface area contributed by atoms with Crippen LogP contribution in [0.3, 0.4) is 0 Å². The molecular weight excluding hydrogens is 246 g/mol. The first kappa shape index (κ1) is 14.0. The molecule has 0 radical (unpaired) electrons. The smallest absolute Gasteiger partial charge is 0.227 e. The van der Waals surface area contributed by atoms with E-state index >= 15 is 0 Å². The van der Waals surface area contributed by atoms with E-state index in [2.05, 4.69) is 5.10 Å². The number of hydrogen-bond acceptors (Lipinski definition) is 4. The molecule has 1 aromatic rings. The number of aryl methyl sites for hydroxylation is 2. The molecule has 1 saturated heterocycles. The first-order valence-electron chi connectivity index (χ1n) is 6.34. The summed E-state index contributed by atoms with van der Waals surface area (Å²) in [6.45, 7) is 4.82. The summed E-state index contributed by atoms with van der Waals surface area (Å²) in [5.41, 5.74) is 2.01. The highest BCUT2D eigenvalue weighted by Gasteiger charge is 2.43. The molecule has 1 N–H and O–H groups in total. The summed E-state index contributed by atoms with van der Waals surface area (Å²) < 4.78 is 6.72. The number of β-amino-alcohol motifs (C(OH)–C–C–N with tert-alkyl or cyclic N) is 1. The molecular formula is C13H21N3O3. The summed E-state index contributed by atoms with van der Waals surface area (Å²) in [5.74, 6) is 0.0278. The predicted molar refractivity (Wildman–Crippen MR) is 69.8 cm³/mol. The summed E-state index contributed by atoms with van der Waals surface area (Å²) in [7, 11) is 3.42. The summed E-state index contributed by atoms with van der Waals surface area (Å²) in [4.78, 5) is 13.8. The molecule has 6 heteroatoms. The van der Waals surface area contributed by atoms with Gasteiger partial charge in [0.1, 0.15) is 5.60 Å². The maximum absolute atomic E-state index is 12.1. The molecule has 1 aliphatic heterocycles. The molecule has 0 atom stereocenters. The van der Waals surface area contributed by atoms with E-state index in [4.69, 9.17) is 4.74 Å². The summed E-state index contributed by atoms with van der Waals surface area (Å²) >= 11 is 0. The highest BCUT2D eigenvalue weighted by molar-refractivity contribution is 5.80. The van der Waals surface area contributed by atoms with Gasteiger partial charge in [0.05, 0.1) is 31.8 Å². The van der Waals surface area contributed by atoms with Gasteiger partial charge < -0.3 is 14.7 Å². The standard InChI is InChI=1S/C13H21N3O3/c1-9-11(10(2)15(3)14-9)5-12(17)16-6-13(18,7-16)8-19-4/h18H,5-8H2,1-4H3. The Bertz CT molecular complexity index is 490. The molecule has 6 nitrogen and oxygen atoms in total. The van der Waals surface area contributed by atoms with E-state index in [0.717, 1.165) is 17.0 Å². The Hall–Kier alpha value is -1.40. The Balaban J connectivity index is 1.96. The Morgan fingerprint density at radius 2 is 2.11 bits per heavy atom. The lowest BCUT2D eigenvalue weighted by molar-refractivity contribution is -0.164. The third-order valence-corrected chi connectivity index (χ3v) is 3.72. The summed E-state index contributed by atoms with van der Waals surface area (Å²) in [6, 6.07) is 0. The van der Waals surface area contributed by atoms with E-state index in [9.17, 15) is 9.90 Å². The van der Waals surface area contributed by atoms with Crippen LogP contribution in [-0.4, -0.2) is 58.1 Å². The van der Waals surface area contributed by atoms with Crippen molar-refractivity contribution >= 4 is 5.91 Å². The fourth-order valence-electron chi connectivity index (χ4n) is 2.54.